The highest BCUT2D eigenvalue weighted by atomic mass is 32.2. The number of anilines is 2. The molecule has 0 aliphatic rings. The molecule has 0 spiro atoms. The number of nitriles is 2. The number of nitrogen functional groups attached to an aromatic ring is 1. The van der Waals surface area contributed by atoms with Gasteiger partial charge in [0.15, 0.2) is 0 Å². The number of pyridine rings is 1. The van der Waals surface area contributed by atoms with Crippen LogP contribution in [0.3, 0.4) is 0 Å². The molecule has 0 saturated heterocycles. The summed E-state index contributed by atoms with van der Waals surface area (Å²) in [7, 11) is 0. The Hall–Kier alpha value is -3.81. The monoisotopic (exact) mass is 455 g/mol. The van der Waals surface area contributed by atoms with E-state index in [0.717, 1.165) is 34.4 Å². The fourth-order valence-corrected chi connectivity index (χ4v) is 4.36. The second-order valence-corrected chi connectivity index (χ2v) is 8.75. The minimum Gasteiger partial charge on any atom is -0.383 e. The quantitative estimate of drug-likeness (QED) is 0.463. The third-order valence-corrected chi connectivity index (χ3v) is 6.28. The number of aryl methyl sites for hydroxylation is 3. The van der Waals surface area contributed by atoms with Crippen LogP contribution < -0.4 is 11.1 Å². The lowest BCUT2D eigenvalue weighted by atomic mass is 9.96. The number of amides is 1. The van der Waals surface area contributed by atoms with Crippen LogP contribution in [0, 0.1) is 36.5 Å². The van der Waals surface area contributed by atoms with E-state index in [9.17, 15) is 15.3 Å². The van der Waals surface area contributed by atoms with Gasteiger partial charge in [0.2, 0.25) is 5.91 Å². The second-order valence-electron chi connectivity index (χ2n) is 7.67. The van der Waals surface area contributed by atoms with Crippen LogP contribution >= 0.6 is 11.8 Å². The molecular formula is C26H25N5OS. The molecular weight excluding hydrogens is 430 g/mol. The van der Waals surface area contributed by atoms with Crippen molar-refractivity contribution in [3.8, 4) is 23.3 Å². The van der Waals surface area contributed by atoms with Crippen LogP contribution in [0.5, 0.6) is 0 Å². The largest absolute Gasteiger partial charge is 0.383 e. The van der Waals surface area contributed by atoms with E-state index in [0.29, 0.717) is 21.9 Å². The lowest BCUT2D eigenvalue weighted by molar-refractivity contribution is -0.115. The van der Waals surface area contributed by atoms with Gasteiger partial charge in [0, 0.05) is 23.4 Å². The van der Waals surface area contributed by atoms with Crippen molar-refractivity contribution in [1.82, 2.24) is 4.98 Å². The van der Waals surface area contributed by atoms with Crippen LogP contribution in [0.4, 0.5) is 11.5 Å². The van der Waals surface area contributed by atoms with Gasteiger partial charge in [-0.25, -0.2) is 4.98 Å². The maximum Gasteiger partial charge on any atom is 0.225 e. The Kier molecular flexibility index (Phi) is 7.71. The highest BCUT2D eigenvalue weighted by molar-refractivity contribution is 7.99. The van der Waals surface area contributed by atoms with Gasteiger partial charge in [-0.05, 0) is 48.6 Å². The minimum absolute atomic E-state index is 0.0772. The standard InChI is InChI=1S/C26H25N5OS/c1-4-18-7-9-19(10-8-18)24-20(14-27)25(29)31-26(21(24)15-28)33-12-11-23(32)30-22-13-16(2)5-6-17(22)3/h5-10,13H,4,11-12H2,1-3H3,(H2,29,31)(H,30,32). The predicted molar refractivity (Wildman–Crippen MR) is 133 cm³/mol. The molecule has 6 nitrogen and oxygen atoms in total. The molecule has 3 aromatic rings. The molecule has 166 valence electrons. The number of nitrogens with two attached hydrogens (primary N) is 1. The number of rotatable bonds is 7. The highest BCUT2D eigenvalue weighted by Crippen LogP contribution is 2.36. The van der Waals surface area contributed by atoms with E-state index in [-0.39, 0.29) is 23.7 Å². The molecule has 0 aliphatic carbocycles. The molecule has 1 amide bonds. The maximum absolute atomic E-state index is 12.5. The lowest BCUT2D eigenvalue weighted by Gasteiger charge is -2.13. The van der Waals surface area contributed by atoms with Gasteiger partial charge < -0.3 is 11.1 Å². The lowest BCUT2D eigenvalue weighted by Crippen LogP contribution is -2.13. The number of aromatic nitrogens is 1. The topological polar surface area (TPSA) is 116 Å². The summed E-state index contributed by atoms with van der Waals surface area (Å²) in [5.74, 6) is 0.373. The molecule has 0 fully saturated rings. The molecule has 2 aromatic carbocycles. The van der Waals surface area contributed by atoms with Crippen molar-refractivity contribution in [2.45, 2.75) is 38.6 Å². The Morgan fingerprint density at radius 3 is 2.42 bits per heavy atom. The molecule has 0 saturated carbocycles. The van der Waals surface area contributed by atoms with E-state index in [2.05, 4.69) is 29.4 Å². The summed E-state index contributed by atoms with van der Waals surface area (Å²) < 4.78 is 0. The van der Waals surface area contributed by atoms with E-state index in [1.54, 1.807) is 0 Å². The van der Waals surface area contributed by atoms with Crippen molar-refractivity contribution in [2.75, 3.05) is 16.8 Å². The molecule has 33 heavy (non-hydrogen) atoms. The van der Waals surface area contributed by atoms with Crippen molar-refractivity contribution < 1.29 is 4.79 Å². The molecule has 7 heteroatoms. The first-order chi connectivity index (χ1) is 15.9. The average Bonchev–Trinajstić information content (AvgIpc) is 2.81. The number of carbonyl (C=O) groups is 1. The van der Waals surface area contributed by atoms with Crippen LogP contribution in [0.15, 0.2) is 47.5 Å². The van der Waals surface area contributed by atoms with Gasteiger partial charge in [-0.3, -0.25) is 4.79 Å². The number of carbonyl (C=O) groups excluding carboxylic acids is 1. The van der Waals surface area contributed by atoms with Crippen molar-refractivity contribution in [1.29, 1.82) is 10.5 Å². The van der Waals surface area contributed by atoms with Gasteiger partial charge in [-0.2, -0.15) is 10.5 Å². The summed E-state index contributed by atoms with van der Waals surface area (Å²) in [6.07, 6.45) is 1.13. The smallest absolute Gasteiger partial charge is 0.225 e. The van der Waals surface area contributed by atoms with Gasteiger partial charge in [-0.15, -0.1) is 11.8 Å². The van der Waals surface area contributed by atoms with Crippen molar-refractivity contribution in [2.24, 2.45) is 0 Å². The summed E-state index contributed by atoms with van der Waals surface area (Å²) in [5.41, 5.74) is 11.8. The van der Waals surface area contributed by atoms with E-state index in [4.69, 9.17) is 5.73 Å². The molecule has 1 aromatic heterocycles. The van der Waals surface area contributed by atoms with Crippen molar-refractivity contribution in [3.05, 3.63) is 70.3 Å². The Labute approximate surface area is 198 Å². The summed E-state index contributed by atoms with van der Waals surface area (Å²) >= 11 is 1.28. The molecule has 1 heterocycles. The molecule has 0 bridgehead atoms. The van der Waals surface area contributed by atoms with Crippen LogP contribution in [0.1, 0.15) is 41.2 Å². The van der Waals surface area contributed by atoms with Crippen molar-refractivity contribution >= 4 is 29.2 Å². The van der Waals surface area contributed by atoms with Gasteiger partial charge in [0.25, 0.3) is 0 Å². The first-order valence-electron chi connectivity index (χ1n) is 10.6. The summed E-state index contributed by atoms with van der Waals surface area (Å²) in [6, 6.07) is 17.9. The second kappa shape index (κ2) is 10.7. The number of thioether (sulfide) groups is 1. The van der Waals surface area contributed by atoms with Crippen molar-refractivity contribution in [3.63, 3.8) is 0 Å². The zero-order valence-electron chi connectivity index (χ0n) is 18.9. The molecule has 0 aliphatic heterocycles. The number of benzene rings is 2. The number of nitrogens with zero attached hydrogens (tertiary/aromatic N) is 3. The van der Waals surface area contributed by atoms with Gasteiger partial charge >= 0.3 is 0 Å². The van der Waals surface area contributed by atoms with Crippen LogP contribution in [-0.4, -0.2) is 16.6 Å². The first kappa shape index (κ1) is 23.8. The van der Waals surface area contributed by atoms with Gasteiger partial charge in [0.05, 0.1) is 5.56 Å². The summed E-state index contributed by atoms with van der Waals surface area (Å²) in [5, 5.41) is 22.9. The molecule has 0 atom stereocenters. The average molecular weight is 456 g/mol. The normalized spacial score (nSPS) is 10.3. The summed E-state index contributed by atoms with van der Waals surface area (Å²) in [6.45, 7) is 5.98. The maximum atomic E-state index is 12.5. The van der Waals surface area contributed by atoms with Gasteiger partial charge in [0.1, 0.15) is 28.5 Å². The Bertz CT molecular complexity index is 1270. The van der Waals surface area contributed by atoms with Crippen LogP contribution in [-0.2, 0) is 11.2 Å². The van der Waals surface area contributed by atoms with E-state index < -0.39 is 0 Å². The van der Waals surface area contributed by atoms with Crippen LogP contribution in [0.25, 0.3) is 11.1 Å². The van der Waals surface area contributed by atoms with E-state index >= 15 is 0 Å². The Morgan fingerprint density at radius 2 is 1.79 bits per heavy atom. The fourth-order valence-electron chi connectivity index (χ4n) is 3.42. The third kappa shape index (κ3) is 5.52. The first-order valence-corrected chi connectivity index (χ1v) is 11.6. The number of hydrogen-bond acceptors (Lipinski definition) is 6. The van der Waals surface area contributed by atoms with E-state index in [1.807, 2.05) is 56.3 Å². The fraction of sp³-hybridized carbons (Fsp3) is 0.231. The van der Waals surface area contributed by atoms with E-state index in [1.165, 1.54) is 11.8 Å². The zero-order chi connectivity index (χ0) is 24.0. The highest BCUT2D eigenvalue weighted by Gasteiger charge is 2.20. The zero-order valence-corrected chi connectivity index (χ0v) is 19.7. The summed E-state index contributed by atoms with van der Waals surface area (Å²) in [4.78, 5) is 16.8. The predicted octanol–water partition coefficient (Wildman–Crippen LogP) is 5.37. The Balaban J connectivity index is 1.82. The molecule has 3 rings (SSSR count). The molecule has 0 radical (unpaired) electrons. The molecule has 3 N–H and O–H groups in total. The SMILES string of the molecule is CCc1ccc(-c2c(C#N)c(N)nc(SCCC(=O)Nc3cc(C)ccc3C)c2C#N)cc1. The minimum atomic E-state index is -0.119. The Morgan fingerprint density at radius 1 is 1.09 bits per heavy atom. The third-order valence-electron chi connectivity index (χ3n) is 5.30. The number of nitrogens with one attached hydrogen (secondary N) is 1. The number of hydrogen-bond donors (Lipinski definition) is 2. The van der Waals surface area contributed by atoms with Gasteiger partial charge in [-0.1, -0.05) is 43.3 Å². The van der Waals surface area contributed by atoms with Crippen LogP contribution in [0.2, 0.25) is 0 Å². The molecule has 0 unspecified atom stereocenters.